The van der Waals surface area contributed by atoms with Gasteiger partial charge in [0.15, 0.2) is 27.1 Å². The Bertz CT molecular complexity index is 1480. The van der Waals surface area contributed by atoms with Gasteiger partial charge in [0.05, 0.1) is 43.9 Å². The molecule has 37 heavy (non-hydrogen) atoms. The third kappa shape index (κ3) is 5.80. The number of benzene rings is 3. The summed E-state index contributed by atoms with van der Waals surface area (Å²) in [6, 6.07) is 17.8. The van der Waals surface area contributed by atoms with Gasteiger partial charge in [-0.2, -0.15) is 0 Å². The van der Waals surface area contributed by atoms with Crippen LogP contribution in [0.5, 0.6) is 23.0 Å². The summed E-state index contributed by atoms with van der Waals surface area (Å²) in [5.41, 5.74) is 2.03. The molecular formula is C27H28N2O7S. The van der Waals surface area contributed by atoms with Gasteiger partial charge >= 0.3 is 0 Å². The molecule has 0 saturated carbocycles. The SMILES string of the molecule is CCS(=O)(=O)c1ccc(OC)c(Nc2ncc(-c3cccc(OCc4cccc(OC)c4OC)c3)o2)c1. The molecule has 3 aromatic carbocycles. The Labute approximate surface area is 215 Å². The molecule has 4 aromatic rings. The topological polar surface area (TPSA) is 109 Å². The smallest absolute Gasteiger partial charge is 0.299 e. The van der Waals surface area contributed by atoms with Crippen molar-refractivity contribution in [3.63, 3.8) is 0 Å². The summed E-state index contributed by atoms with van der Waals surface area (Å²) in [6.07, 6.45) is 1.58. The van der Waals surface area contributed by atoms with Crippen LogP contribution >= 0.6 is 0 Å². The summed E-state index contributed by atoms with van der Waals surface area (Å²) >= 11 is 0. The van der Waals surface area contributed by atoms with Gasteiger partial charge in [-0.15, -0.1) is 0 Å². The average Bonchev–Trinajstić information content (AvgIpc) is 3.40. The minimum atomic E-state index is -3.39. The van der Waals surface area contributed by atoms with Crippen molar-refractivity contribution >= 4 is 21.5 Å². The summed E-state index contributed by atoms with van der Waals surface area (Å²) in [7, 11) is 1.29. The van der Waals surface area contributed by atoms with Crippen LogP contribution in [0, 0.1) is 0 Å². The lowest BCUT2D eigenvalue weighted by Crippen LogP contribution is -2.05. The number of sulfone groups is 1. The molecule has 0 atom stereocenters. The first-order chi connectivity index (χ1) is 17.9. The van der Waals surface area contributed by atoms with Gasteiger partial charge in [-0.3, -0.25) is 0 Å². The molecule has 0 spiro atoms. The lowest BCUT2D eigenvalue weighted by Gasteiger charge is -2.13. The maximum absolute atomic E-state index is 12.3. The first kappa shape index (κ1) is 25.9. The molecule has 1 aromatic heterocycles. The zero-order chi connectivity index (χ0) is 26.4. The number of oxazole rings is 1. The van der Waals surface area contributed by atoms with Crippen LogP contribution < -0.4 is 24.3 Å². The molecule has 0 radical (unpaired) electrons. The number of anilines is 2. The van der Waals surface area contributed by atoms with Gasteiger partial charge in [-0.1, -0.05) is 31.2 Å². The standard InChI is InChI=1S/C27H28N2O7S/c1-5-37(30,31)21-12-13-23(32-2)22(15-21)29-27-28-16-25(36-27)18-8-6-10-20(14-18)35-17-19-9-7-11-24(33-3)26(19)34-4/h6-16H,5,17H2,1-4H3,(H,28,29). The van der Waals surface area contributed by atoms with Crippen molar-refractivity contribution in [2.75, 3.05) is 32.4 Å². The first-order valence-electron chi connectivity index (χ1n) is 11.4. The van der Waals surface area contributed by atoms with Crippen molar-refractivity contribution in [1.29, 1.82) is 0 Å². The van der Waals surface area contributed by atoms with E-state index in [0.717, 1.165) is 11.1 Å². The fraction of sp³-hybridized carbons (Fsp3) is 0.222. The second-order valence-electron chi connectivity index (χ2n) is 7.89. The van der Waals surface area contributed by atoms with E-state index in [1.165, 1.54) is 19.2 Å². The Morgan fingerprint density at radius 1 is 0.919 bits per heavy atom. The molecule has 0 aliphatic rings. The van der Waals surface area contributed by atoms with Crippen LogP contribution in [0.4, 0.5) is 11.7 Å². The summed E-state index contributed by atoms with van der Waals surface area (Å²) in [5, 5.41) is 3.01. The van der Waals surface area contributed by atoms with E-state index in [-0.39, 0.29) is 23.3 Å². The summed E-state index contributed by atoms with van der Waals surface area (Å²) in [6.45, 7) is 1.88. The molecule has 0 amide bonds. The lowest BCUT2D eigenvalue weighted by atomic mass is 10.1. The Hall–Kier alpha value is -4.18. The van der Waals surface area contributed by atoms with Gasteiger partial charge in [-0.05, 0) is 36.4 Å². The molecule has 0 aliphatic heterocycles. The van der Waals surface area contributed by atoms with Crippen molar-refractivity contribution in [1.82, 2.24) is 4.98 Å². The van der Waals surface area contributed by atoms with Crippen LogP contribution in [0.3, 0.4) is 0 Å². The average molecular weight is 525 g/mol. The van der Waals surface area contributed by atoms with Crippen LogP contribution in [0.15, 0.2) is 76.2 Å². The Morgan fingerprint density at radius 3 is 2.43 bits per heavy atom. The maximum atomic E-state index is 12.3. The number of hydrogen-bond acceptors (Lipinski definition) is 9. The molecule has 1 heterocycles. The highest BCUT2D eigenvalue weighted by atomic mass is 32.2. The number of methoxy groups -OCH3 is 3. The molecule has 0 fully saturated rings. The number of nitrogens with zero attached hydrogens (tertiary/aromatic N) is 1. The minimum Gasteiger partial charge on any atom is -0.495 e. The maximum Gasteiger partial charge on any atom is 0.299 e. The van der Waals surface area contributed by atoms with E-state index in [1.54, 1.807) is 33.4 Å². The van der Waals surface area contributed by atoms with E-state index in [1.807, 2.05) is 42.5 Å². The van der Waals surface area contributed by atoms with Gasteiger partial charge in [0.1, 0.15) is 18.1 Å². The van der Waals surface area contributed by atoms with Gasteiger partial charge in [0, 0.05) is 11.1 Å². The molecule has 1 N–H and O–H groups in total. The number of aromatic nitrogens is 1. The molecule has 194 valence electrons. The minimum absolute atomic E-state index is 0.00900. The highest BCUT2D eigenvalue weighted by molar-refractivity contribution is 7.91. The first-order valence-corrected chi connectivity index (χ1v) is 13.1. The molecule has 4 rings (SSSR count). The predicted molar refractivity (Wildman–Crippen MR) is 140 cm³/mol. The molecule has 9 nitrogen and oxygen atoms in total. The summed E-state index contributed by atoms with van der Waals surface area (Å²) in [4.78, 5) is 4.47. The lowest BCUT2D eigenvalue weighted by molar-refractivity contribution is 0.291. The van der Waals surface area contributed by atoms with Crippen LogP contribution in [-0.2, 0) is 16.4 Å². The number of ether oxygens (including phenoxy) is 4. The van der Waals surface area contributed by atoms with E-state index in [9.17, 15) is 8.42 Å². The molecule has 0 aliphatic carbocycles. The number of rotatable bonds is 11. The fourth-order valence-corrected chi connectivity index (χ4v) is 4.60. The van der Waals surface area contributed by atoms with E-state index in [0.29, 0.717) is 34.4 Å². The van der Waals surface area contributed by atoms with Crippen LogP contribution in [0.1, 0.15) is 12.5 Å². The van der Waals surface area contributed by atoms with E-state index >= 15 is 0 Å². The Balaban J connectivity index is 1.52. The second-order valence-corrected chi connectivity index (χ2v) is 10.2. The number of nitrogens with one attached hydrogen (secondary N) is 1. The van der Waals surface area contributed by atoms with Crippen molar-refractivity contribution in [3.8, 4) is 34.3 Å². The van der Waals surface area contributed by atoms with Gasteiger partial charge < -0.3 is 28.7 Å². The van der Waals surface area contributed by atoms with Crippen molar-refractivity contribution in [2.24, 2.45) is 0 Å². The number of hydrogen-bond donors (Lipinski definition) is 1. The highest BCUT2D eigenvalue weighted by Gasteiger charge is 2.17. The molecule has 10 heteroatoms. The number of para-hydroxylation sites is 1. The van der Waals surface area contributed by atoms with Crippen LogP contribution in [0.25, 0.3) is 11.3 Å². The quantitative estimate of drug-likeness (QED) is 0.273. The highest BCUT2D eigenvalue weighted by Crippen LogP contribution is 2.34. The van der Waals surface area contributed by atoms with E-state index in [2.05, 4.69) is 10.3 Å². The second kappa shape index (κ2) is 11.3. The zero-order valence-corrected chi connectivity index (χ0v) is 21.8. The zero-order valence-electron chi connectivity index (χ0n) is 21.0. The van der Waals surface area contributed by atoms with Crippen molar-refractivity contribution < 1.29 is 31.8 Å². The molecule has 0 bridgehead atoms. The van der Waals surface area contributed by atoms with Crippen LogP contribution in [0.2, 0.25) is 0 Å². The predicted octanol–water partition coefficient (Wildman–Crippen LogP) is 5.48. The van der Waals surface area contributed by atoms with E-state index in [4.69, 9.17) is 23.4 Å². The van der Waals surface area contributed by atoms with E-state index < -0.39 is 9.84 Å². The van der Waals surface area contributed by atoms with Gasteiger partial charge in [0.2, 0.25) is 0 Å². The monoisotopic (exact) mass is 524 g/mol. The molecular weight excluding hydrogens is 496 g/mol. The molecule has 0 unspecified atom stereocenters. The third-order valence-corrected chi connectivity index (χ3v) is 7.39. The Kier molecular flexibility index (Phi) is 7.88. The van der Waals surface area contributed by atoms with Gasteiger partial charge in [-0.25, -0.2) is 13.4 Å². The fourth-order valence-electron chi connectivity index (χ4n) is 3.69. The largest absolute Gasteiger partial charge is 0.495 e. The van der Waals surface area contributed by atoms with Gasteiger partial charge in [0.25, 0.3) is 6.01 Å². The van der Waals surface area contributed by atoms with Crippen molar-refractivity contribution in [2.45, 2.75) is 18.4 Å². The Morgan fingerprint density at radius 2 is 1.70 bits per heavy atom. The van der Waals surface area contributed by atoms with Crippen molar-refractivity contribution in [3.05, 3.63) is 72.4 Å². The summed E-state index contributed by atoms with van der Waals surface area (Å²) in [5.74, 6) is 2.84. The normalized spacial score (nSPS) is 11.1. The third-order valence-electron chi connectivity index (χ3n) is 5.65. The summed E-state index contributed by atoms with van der Waals surface area (Å²) < 4.78 is 52.7. The molecule has 0 saturated heterocycles. The van der Waals surface area contributed by atoms with Crippen LogP contribution in [-0.4, -0.2) is 40.5 Å².